The van der Waals surface area contributed by atoms with Crippen molar-refractivity contribution in [3.05, 3.63) is 34.2 Å². The molecule has 0 radical (unpaired) electrons. The summed E-state index contributed by atoms with van der Waals surface area (Å²) in [6, 6.07) is 3.59. The molecule has 4 heterocycles. The van der Waals surface area contributed by atoms with Crippen molar-refractivity contribution in [1.29, 1.82) is 0 Å². The van der Waals surface area contributed by atoms with Gasteiger partial charge in [-0.1, -0.05) is 6.42 Å². The van der Waals surface area contributed by atoms with Crippen molar-refractivity contribution in [2.24, 2.45) is 11.8 Å². The predicted octanol–water partition coefficient (Wildman–Crippen LogP) is 1.71. The molecule has 0 aromatic carbocycles. The average molecular weight is 315 g/mol. The Morgan fingerprint density at radius 1 is 1.13 bits per heavy atom. The maximum absolute atomic E-state index is 12.8. The number of nitrogens with zero attached hydrogens (tertiary/aromatic N) is 2. The largest absolute Gasteiger partial charge is 0.337 e. The number of carbonyl (C=O) groups is 1. The fourth-order valence-corrected chi connectivity index (χ4v) is 4.30. The number of fused-ring (bicyclic) bond motifs is 4. The average Bonchev–Trinajstić information content (AvgIpc) is 2.82. The van der Waals surface area contributed by atoms with Crippen LogP contribution in [0.1, 0.15) is 42.5 Å². The number of aromatic amines is 1. The highest BCUT2D eigenvalue weighted by Crippen LogP contribution is 2.33. The van der Waals surface area contributed by atoms with E-state index in [-0.39, 0.29) is 11.5 Å². The third-order valence-corrected chi connectivity index (χ3v) is 5.86. The molecular formula is C18H25N3O2. The van der Waals surface area contributed by atoms with E-state index in [4.69, 9.17) is 0 Å². The number of carbonyl (C=O) groups excluding carboxylic acids is 1. The van der Waals surface area contributed by atoms with Crippen molar-refractivity contribution >= 4 is 5.91 Å². The Hall–Kier alpha value is -1.62. The number of amides is 1. The highest BCUT2D eigenvalue weighted by atomic mass is 16.2. The second kappa shape index (κ2) is 6.11. The van der Waals surface area contributed by atoms with Gasteiger partial charge in [0.15, 0.2) is 0 Å². The van der Waals surface area contributed by atoms with Crippen LogP contribution in [0.5, 0.6) is 0 Å². The number of H-pyrrole nitrogens is 1. The summed E-state index contributed by atoms with van der Waals surface area (Å²) in [4.78, 5) is 31.2. The van der Waals surface area contributed by atoms with Crippen LogP contribution in [0.3, 0.4) is 0 Å². The van der Waals surface area contributed by atoms with E-state index in [1.807, 2.05) is 4.90 Å². The van der Waals surface area contributed by atoms with Gasteiger partial charge in [0.1, 0.15) is 0 Å². The first-order valence-electron chi connectivity index (χ1n) is 8.91. The highest BCUT2D eigenvalue weighted by Gasteiger charge is 2.37. The topological polar surface area (TPSA) is 56.4 Å². The quantitative estimate of drug-likeness (QED) is 0.924. The van der Waals surface area contributed by atoms with Crippen LogP contribution in [0.15, 0.2) is 23.1 Å². The zero-order chi connectivity index (χ0) is 15.8. The van der Waals surface area contributed by atoms with Crippen LogP contribution >= 0.6 is 0 Å². The summed E-state index contributed by atoms with van der Waals surface area (Å²) in [6.07, 6.45) is 8.16. The van der Waals surface area contributed by atoms with Crippen molar-refractivity contribution in [3.63, 3.8) is 0 Å². The van der Waals surface area contributed by atoms with E-state index < -0.39 is 0 Å². The molecule has 1 aromatic rings. The monoisotopic (exact) mass is 315 g/mol. The van der Waals surface area contributed by atoms with Gasteiger partial charge < -0.3 is 9.88 Å². The number of aromatic nitrogens is 1. The van der Waals surface area contributed by atoms with Crippen molar-refractivity contribution < 1.29 is 4.79 Å². The van der Waals surface area contributed by atoms with Gasteiger partial charge in [-0.2, -0.15) is 0 Å². The number of hydrogen-bond acceptors (Lipinski definition) is 3. The molecule has 1 saturated carbocycles. The molecule has 1 amide bonds. The van der Waals surface area contributed by atoms with Crippen molar-refractivity contribution in [2.75, 3.05) is 26.2 Å². The van der Waals surface area contributed by atoms with Crippen LogP contribution < -0.4 is 5.56 Å². The molecule has 0 unspecified atom stereocenters. The van der Waals surface area contributed by atoms with Gasteiger partial charge in [-0.25, -0.2) is 0 Å². The minimum Gasteiger partial charge on any atom is -0.337 e. The summed E-state index contributed by atoms with van der Waals surface area (Å²) >= 11 is 0. The molecule has 1 aromatic heterocycles. The van der Waals surface area contributed by atoms with Crippen LogP contribution in [-0.4, -0.2) is 52.9 Å². The molecule has 0 spiro atoms. The second-order valence-corrected chi connectivity index (χ2v) is 7.50. The molecular weight excluding hydrogens is 290 g/mol. The molecule has 5 heteroatoms. The lowest BCUT2D eigenvalue weighted by atomic mass is 9.83. The van der Waals surface area contributed by atoms with Crippen molar-refractivity contribution in [1.82, 2.24) is 14.8 Å². The van der Waals surface area contributed by atoms with E-state index in [2.05, 4.69) is 9.88 Å². The van der Waals surface area contributed by atoms with Crippen LogP contribution in [0.4, 0.5) is 0 Å². The second-order valence-electron chi connectivity index (χ2n) is 7.50. The minimum absolute atomic E-state index is 0.0589. The Balaban J connectivity index is 1.47. The highest BCUT2D eigenvalue weighted by molar-refractivity contribution is 5.93. The third kappa shape index (κ3) is 3.07. The molecule has 2 atom stereocenters. The summed E-state index contributed by atoms with van der Waals surface area (Å²) in [5.74, 6) is 1.54. The van der Waals surface area contributed by atoms with E-state index in [1.54, 1.807) is 12.3 Å². The van der Waals surface area contributed by atoms with Crippen LogP contribution in [0.25, 0.3) is 0 Å². The van der Waals surface area contributed by atoms with Crippen molar-refractivity contribution in [2.45, 2.75) is 38.1 Å². The Bertz CT molecular complexity index is 617. The number of nitrogens with one attached hydrogen (secondary N) is 1. The number of hydrogen-bond donors (Lipinski definition) is 1. The molecule has 124 valence electrons. The first kappa shape index (κ1) is 14.9. The molecule has 3 saturated heterocycles. The van der Waals surface area contributed by atoms with E-state index in [1.165, 1.54) is 44.7 Å². The lowest BCUT2D eigenvalue weighted by molar-refractivity contribution is 0.0717. The zero-order valence-corrected chi connectivity index (χ0v) is 13.5. The van der Waals surface area contributed by atoms with Gasteiger partial charge in [0.25, 0.3) is 5.91 Å². The van der Waals surface area contributed by atoms with E-state index in [0.717, 1.165) is 25.6 Å². The summed E-state index contributed by atoms with van der Waals surface area (Å²) in [5.41, 5.74) is 0.431. The molecule has 5 nitrogen and oxygen atoms in total. The fourth-order valence-electron chi connectivity index (χ4n) is 4.30. The normalized spacial score (nSPS) is 28.4. The molecule has 4 fully saturated rings. The number of piperidine rings is 1. The maximum atomic E-state index is 12.8. The summed E-state index contributed by atoms with van der Waals surface area (Å²) in [7, 11) is 0. The fraction of sp³-hybridized carbons (Fsp3) is 0.667. The maximum Gasteiger partial charge on any atom is 0.255 e. The Kier molecular flexibility index (Phi) is 3.97. The molecule has 23 heavy (non-hydrogen) atoms. The Labute approximate surface area is 136 Å². The van der Waals surface area contributed by atoms with Gasteiger partial charge in [-0.3, -0.25) is 14.5 Å². The number of rotatable bonds is 3. The van der Waals surface area contributed by atoms with Gasteiger partial charge in [0, 0.05) is 44.5 Å². The van der Waals surface area contributed by atoms with Crippen LogP contribution in [0, 0.1) is 11.8 Å². The SMILES string of the molecule is O=C(c1ccc(=O)[nH]c1)N1C[C@@H]2CC[C@H](C1)N(CC1CCC1)C2. The van der Waals surface area contributed by atoms with E-state index in [9.17, 15) is 9.59 Å². The minimum atomic E-state index is -0.163. The first-order valence-corrected chi connectivity index (χ1v) is 8.91. The van der Waals surface area contributed by atoms with Gasteiger partial charge in [0.05, 0.1) is 5.56 Å². The lowest BCUT2D eigenvalue weighted by Gasteiger charge is -2.40. The van der Waals surface area contributed by atoms with Crippen LogP contribution in [-0.2, 0) is 0 Å². The standard InChI is InChI=1S/C18H25N3O2/c22-17-7-5-15(8-19-17)18(23)21-11-14-4-6-16(12-21)20(10-14)9-13-2-1-3-13/h5,7-8,13-14,16H,1-4,6,9-12H2,(H,19,22)/t14-,16-/m1/s1. The Morgan fingerprint density at radius 2 is 2.00 bits per heavy atom. The van der Waals surface area contributed by atoms with Gasteiger partial charge in [-0.15, -0.1) is 0 Å². The molecule has 1 aliphatic carbocycles. The molecule has 1 N–H and O–H groups in total. The Morgan fingerprint density at radius 3 is 2.70 bits per heavy atom. The van der Waals surface area contributed by atoms with Gasteiger partial charge >= 0.3 is 0 Å². The van der Waals surface area contributed by atoms with Crippen molar-refractivity contribution in [3.8, 4) is 0 Å². The summed E-state index contributed by atoms with van der Waals surface area (Å²) in [5, 5.41) is 0. The zero-order valence-electron chi connectivity index (χ0n) is 13.5. The van der Waals surface area contributed by atoms with Crippen LogP contribution in [0.2, 0.25) is 0 Å². The van der Waals surface area contributed by atoms with E-state index >= 15 is 0 Å². The van der Waals surface area contributed by atoms with Gasteiger partial charge in [0.2, 0.25) is 5.56 Å². The predicted molar refractivity (Wildman–Crippen MR) is 88.4 cm³/mol. The van der Waals surface area contributed by atoms with E-state index in [0.29, 0.717) is 17.5 Å². The lowest BCUT2D eigenvalue weighted by Crippen LogP contribution is -2.47. The first-order chi connectivity index (χ1) is 11.2. The molecule has 2 bridgehead atoms. The molecule has 3 aliphatic heterocycles. The van der Waals surface area contributed by atoms with Gasteiger partial charge in [-0.05, 0) is 43.6 Å². The summed E-state index contributed by atoms with van der Waals surface area (Å²) < 4.78 is 0. The third-order valence-electron chi connectivity index (χ3n) is 5.86. The molecule has 5 rings (SSSR count). The number of pyridine rings is 1. The smallest absolute Gasteiger partial charge is 0.255 e. The molecule has 4 aliphatic rings. The summed E-state index contributed by atoms with van der Waals surface area (Å²) in [6.45, 7) is 4.06.